The van der Waals surface area contributed by atoms with Crippen molar-refractivity contribution in [3.05, 3.63) is 86.7 Å². The third kappa shape index (κ3) is 4.83. The maximum absolute atomic E-state index is 12.2. The number of ether oxygens (including phenoxy) is 2. The highest BCUT2D eigenvalue weighted by Crippen LogP contribution is 2.22. The molecule has 0 atom stereocenters. The number of benzene rings is 2. The number of aromatic nitrogens is 2. The molecular formula is C22H23N3O5. The average Bonchev–Trinajstić information content (AvgIpc) is 3.02. The second-order valence-electron chi connectivity index (χ2n) is 6.87. The van der Waals surface area contributed by atoms with Crippen LogP contribution in [0.15, 0.2) is 48.5 Å². The molecule has 1 heterocycles. The lowest BCUT2D eigenvalue weighted by molar-refractivity contribution is -0.386. The van der Waals surface area contributed by atoms with Gasteiger partial charge in [0.15, 0.2) is 0 Å². The summed E-state index contributed by atoms with van der Waals surface area (Å²) in [6.45, 7) is 3.95. The number of carbonyl (C=O) groups excluding carboxylic acids is 1. The summed E-state index contributed by atoms with van der Waals surface area (Å²) in [6, 6.07) is 14.6. The van der Waals surface area contributed by atoms with E-state index >= 15 is 0 Å². The number of rotatable bonds is 8. The van der Waals surface area contributed by atoms with Crippen molar-refractivity contribution < 1.29 is 19.2 Å². The molecule has 0 saturated carbocycles. The average molecular weight is 409 g/mol. The minimum Gasteiger partial charge on any atom is -0.497 e. The third-order valence-electron chi connectivity index (χ3n) is 4.83. The predicted molar refractivity (Wildman–Crippen MR) is 111 cm³/mol. The van der Waals surface area contributed by atoms with Gasteiger partial charge in [-0.3, -0.25) is 14.8 Å². The Balaban J connectivity index is 1.56. The van der Waals surface area contributed by atoms with Crippen molar-refractivity contribution in [1.29, 1.82) is 0 Å². The Bertz CT molecular complexity index is 1040. The molecule has 0 amide bonds. The van der Waals surface area contributed by atoms with Crippen LogP contribution in [-0.4, -0.2) is 34.4 Å². The SMILES string of the molecule is COc1ccc(CCOC(=O)c2ccc(Cn3nc(C)c([N+](=O)[O-])c3C)cc2)cc1. The summed E-state index contributed by atoms with van der Waals surface area (Å²) in [5, 5.41) is 15.4. The summed E-state index contributed by atoms with van der Waals surface area (Å²) in [5.41, 5.74) is 3.30. The second kappa shape index (κ2) is 9.21. The molecule has 0 N–H and O–H groups in total. The summed E-state index contributed by atoms with van der Waals surface area (Å²) in [6.07, 6.45) is 0.616. The van der Waals surface area contributed by atoms with E-state index in [9.17, 15) is 14.9 Å². The highest BCUT2D eigenvalue weighted by Gasteiger charge is 2.21. The number of hydrogen-bond acceptors (Lipinski definition) is 6. The summed E-state index contributed by atoms with van der Waals surface area (Å²) in [7, 11) is 1.61. The van der Waals surface area contributed by atoms with Crippen molar-refractivity contribution in [2.24, 2.45) is 0 Å². The topological polar surface area (TPSA) is 96.5 Å². The predicted octanol–water partition coefficient (Wildman–Crippen LogP) is 3.86. The largest absolute Gasteiger partial charge is 0.497 e. The van der Waals surface area contributed by atoms with Crippen LogP contribution >= 0.6 is 0 Å². The van der Waals surface area contributed by atoms with Crippen LogP contribution in [0.2, 0.25) is 0 Å². The van der Waals surface area contributed by atoms with E-state index in [0.29, 0.717) is 29.9 Å². The van der Waals surface area contributed by atoms with E-state index in [0.717, 1.165) is 16.9 Å². The maximum Gasteiger partial charge on any atom is 0.338 e. The fourth-order valence-corrected chi connectivity index (χ4v) is 3.16. The normalized spacial score (nSPS) is 10.6. The molecule has 8 heteroatoms. The Labute approximate surface area is 174 Å². The molecule has 1 aromatic heterocycles. The fraction of sp³-hybridized carbons (Fsp3) is 0.273. The van der Waals surface area contributed by atoms with Crippen LogP contribution in [0, 0.1) is 24.0 Å². The van der Waals surface area contributed by atoms with Gasteiger partial charge < -0.3 is 9.47 Å². The van der Waals surface area contributed by atoms with E-state index in [-0.39, 0.29) is 12.3 Å². The minimum absolute atomic E-state index is 0.0343. The summed E-state index contributed by atoms with van der Waals surface area (Å²) < 4.78 is 12.1. The molecule has 0 fully saturated rings. The lowest BCUT2D eigenvalue weighted by Crippen LogP contribution is -2.09. The molecular weight excluding hydrogens is 386 g/mol. The van der Waals surface area contributed by atoms with Crippen LogP contribution in [0.1, 0.15) is 32.9 Å². The zero-order valence-corrected chi connectivity index (χ0v) is 17.1. The minimum atomic E-state index is -0.417. The molecule has 0 bridgehead atoms. The number of esters is 1. The third-order valence-corrected chi connectivity index (χ3v) is 4.83. The van der Waals surface area contributed by atoms with Gasteiger partial charge in [-0.05, 0) is 49.2 Å². The Morgan fingerprint density at radius 2 is 1.70 bits per heavy atom. The number of hydrogen-bond donors (Lipinski definition) is 0. The Morgan fingerprint density at radius 3 is 2.27 bits per heavy atom. The van der Waals surface area contributed by atoms with Crippen LogP contribution < -0.4 is 4.74 Å². The number of aryl methyl sites for hydroxylation is 1. The molecule has 3 rings (SSSR count). The fourth-order valence-electron chi connectivity index (χ4n) is 3.16. The lowest BCUT2D eigenvalue weighted by atomic mass is 10.1. The number of nitro groups is 1. The van der Waals surface area contributed by atoms with Gasteiger partial charge in [0.2, 0.25) is 0 Å². The molecule has 0 aliphatic rings. The Morgan fingerprint density at radius 1 is 1.07 bits per heavy atom. The van der Waals surface area contributed by atoms with Crippen molar-refractivity contribution in [3.63, 3.8) is 0 Å². The monoisotopic (exact) mass is 409 g/mol. The molecule has 0 aliphatic heterocycles. The first-order valence-corrected chi connectivity index (χ1v) is 9.46. The summed E-state index contributed by atoms with van der Waals surface area (Å²) >= 11 is 0. The summed E-state index contributed by atoms with van der Waals surface area (Å²) in [4.78, 5) is 23.0. The number of methoxy groups -OCH3 is 1. The van der Waals surface area contributed by atoms with Gasteiger partial charge in [-0.15, -0.1) is 0 Å². The molecule has 156 valence electrons. The van der Waals surface area contributed by atoms with E-state index < -0.39 is 10.9 Å². The first-order chi connectivity index (χ1) is 14.4. The van der Waals surface area contributed by atoms with Crippen molar-refractivity contribution >= 4 is 11.7 Å². The van der Waals surface area contributed by atoms with Crippen LogP contribution in [0.5, 0.6) is 5.75 Å². The van der Waals surface area contributed by atoms with E-state index in [2.05, 4.69) is 5.10 Å². The molecule has 8 nitrogen and oxygen atoms in total. The van der Waals surface area contributed by atoms with Crippen LogP contribution in [0.4, 0.5) is 5.69 Å². The van der Waals surface area contributed by atoms with Gasteiger partial charge in [0.05, 0.1) is 30.7 Å². The van der Waals surface area contributed by atoms with E-state index in [1.165, 1.54) is 0 Å². The first kappa shape index (κ1) is 21.0. The maximum atomic E-state index is 12.2. The van der Waals surface area contributed by atoms with Gasteiger partial charge in [0.25, 0.3) is 0 Å². The summed E-state index contributed by atoms with van der Waals surface area (Å²) in [5.74, 6) is 0.391. The molecule has 30 heavy (non-hydrogen) atoms. The van der Waals surface area contributed by atoms with Gasteiger partial charge in [0.1, 0.15) is 17.1 Å². The van der Waals surface area contributed by atoms with E-state index in [4.69, 9.17) is 9.47 Å². The van der Waals surface area contributed by atoms with Crippen LogP contribution in [-0.2, 0) is 17.7 Å². The van der Waals surface area contributed by atoms with Gasteiger partial charge in [-0.25, -0.2) is 4.79 Å². The van der Waals surface area contributed by atoms with Gasteiger partial charge in [-0.1, -0.05) is 24.3 Å². The quantitative estimate of drug-likeness (QED) is 0.318. The number of nitrogens with zero attached hydrogens (tertiary/aromatic N) is 3. The lowest BCUT2D eigenvalue weighted by Gasteiger charge is -2.07. The highest BCUT2D eigenvalue weighted by atomic mass is 16.6. The number of carbonyl (C=O) groups is 1. The molecule has 0 radical (unpaired) electrons. The molecule has 0 aliphatic carbocycles. The Hall–Kier alpha value is -3.68. The van der Waals surface area contributed by atoms with Crippen molar-refractivity contribution in [3.8, 4) is 5.75 Å². The van der Waals surface area contributed by atoms with Crippen molar-refractivity contribution in [1.82, 2.24) is 9.78 Å². The van der Waals surface area contributed by atoms with E-state index in [1.807, 2.05) is 24.3 Å². The molecule has 0 spiro atoms. The molecule has 3 aromatic rings. The van der Waals surface area contributed by atoms with Crippen LogP contribution in [0.3, 0.4) is 0 Å². The van der Waals surface area contributed by atoms with Gasteiger partial charge >= 0.3 is 11.7 Å². The van der Waals surface area contributed by atoms with Crippen molar-refractivity contribution in [2.45, 2.75) is 26.8 Å². The Kier molecular flexibility index (Phi) is 6.46. The second-order valence-corrected chi connectivity index (χ2v) is 6.87. The van der Waals surface area contributed by atoms with E-state index in [1.54, 1.807) is 49.9 Å². The standard InChI is InChI=1S/C22H23N3O5/c1-15-21(25(27)28)16(2)24(23-15)14-18-4-8-19(9-5-18)22(26)30-13-12-17-6-10-20(29-3)11-7-17/h4-11H,12-14H2,1-3H3. The molecule has 2 aromatic carbocycles. The van der Waals surface area contributed by atoms with Crippen molar-refractivity contribution in [2.75, 3.05) is 13.7 Å². The zero-order chi connectivity index (χ0) is 21.7. The molecule has 0 saturated heterocycles. The highest BCUT2D eigenvalue weighted by molar-refractivity contribution is 5.89. The van der Waals surface area contributed by atoms with Gasteiger partial charge in [-0.2, -0.15) is 5.10 Å². The molecule has 0 unspecified atom stereocenters. The van der Waals surface area contributed by atoms with Crippen LogP contribution in [0.25, 0.3) is 0 Å². The van der Waals surface area contributed by atoms with Gasteiger partial charge in [0, 0.05) is 6.42 Å². The smallest absolute Gasteiger partial charge is 0.338 e. The zero-order valence-electron chi connectivity index (χ0n) is 17.1. The first-order valence-electron chi connectivity index (χ1n) is 9.46.